The van der Waals surface area contributed by atoms with Crippen molar-refractivity contribution < 1.29 is 9.90 Å². The van der Waals surface area contributed by atoms with Gasteiger partial charge in [-0.3, -0.25) is 4.79 Å². The first kappa shape index (κ1) is 11.5. The zero-order chi connectivity index (χ0) is 13.7. The topological polar surface area (TPSA) is 40.5 Å². The molecule has 2 aliphatic rings. The van der Waals surface area contributed by atoms with Crippen molar-refractivity contribution in [3.05, 3.63) is 65.2 Å². The van der Waals surface area contributed by atoms with E-state index < -0.39 is 0 Å². The SMILES string of the molecule is O=C1c2ccccc2C2(c3cccc(O)c3)CCCN12. The van der Waals surface area contributed by atoms with Crippen LogP contribution in [-0.2, 0) is 5.54 Å². The van der Waals surface area contributed by atoms with Gasteiger partial charge in [0.05, 0.1) is 5.54 Å². The molecule has 1 unspecified atom stereocenters. The summed E-state index contributed by atoms with van der Waals surface area (Å²) in [5.74, 6) is 0.363. The molecule has 0 bridgehead atoms. The van der Waals surface area contributed by atoms with Crippen molar-refractivity contribution in [3.8, 4) is 5.75 Å². The van der Waals surface area contributed by atoms with Crippen LogP contribution in [0.3, 0.4) is 0 Å². The molecule has 0 aliphatic carbocycles. The number of nitrogens with zero attached hydrogens (tertiary/aromatic N) is 1. The average Bonchev–Trinajstić information content (AvgIpc) is 3.00. The zero-order valence-corrected chi connectivity index (χ0v) is 11.0. The van der Waals surface area contributed by atoms with Gasteiger partial charge in [-0.2, -0.15) is 0 Å². The number of rotatable bonds is 1. The molecule has 20 heavy (non-hydrogen) atoms. The molecule has 100 valence electrons. The molecule has 0 saturated carbocycles. The Morgan fingerprint density at radius 3 is 2.80 bits per heavy atom. The van der Waals surface area contributed by atoms with Crippen LogP contribution in [0.15, 0.2) is 48.5 Å². The molecule has 1 saturated heterocycles. The van der Waals surface area contributed by atoms with Crippen molar-refractivity contribution >= 4 is 5.91 Å². The van der Waals surface area contributed by atoms with Gasteiger partial charge in [-0.1, -0.05) is 30.3 Å². The lowest BCUT2D eigenvalue weighted by atomic mass is 9.81. The first-order valence-electron chi connectivity index (χ1n) is 6.94. The van der Waals surface area contributed by atoms with Gasteiger partial charge in [0.1, 0.15) is 5.75 Å². The van der Waals surface area contributed by atoms with Crippen LogP contribution in [0, 0.1) is 0 Å². The Bertz CT molecular complexity index is 710. The molecule has 3 heteroatoms. The van der Waals surface area contributed by atoms with E-state index in [1.807, 2.05) is 41.3 Å². The van der Waals surface area contributed by atoms with Gasteiger partial charge in [0, 0.05) is 12.1 Å². The molecule has 2 aliphatic heterocycles. The van der Waals surface area contributed by atoms with Gasteiger partial charge in [0.15, 0.2) is 0 Å². The molecule has 0 spiro atoms. The second-order valence-corrected chi connectivity index (χ2v) is 5.52. The van der Waals surface area contributed by atoms with Crippen LogP contribution in [0.2, 0.25) is 0 Å². The molecule has 1 atom stereocenters. The van der Waals surface area contributed by atoms with Crippen LogP contribution >= 0.6 is 0 Å². The van der Waals surface area contributed by atoms with E-state index in [1.54, 1.807) is 12.1 Å². The van der Waals surface area contributed by atoms with Crippen molar-refractivity contribution in [2.24, 2.45) is 0 Å². The number of hydrogen-bond acceptors (Lipinski definition) is 2. The predicted molar refractivity (Wildman–Crippen MR) is 75.6 cm³/mol. The molecule has 0 radical (unpaired) electrons. The lowest BCUT2D eigenvalue weighted by Crippen LogP contribution is -2.39. The fourth-order valence-corrected chi connectivity index (χ4v) is 3.77. The maximum Gasteiger partial charge on any atom is 0.255 e. The Morgan fingerprint density at radius 2 is 1.95 bits per heavy atom. The second-order valence-electron chi connectivity index (χ2n) is 5.52. The molecule has 2 heterocycles. The Balaban J connectivity index is 2.01. The van der Waals surface area contributed by atoms with Gasteiger partial charge in [0.25, 0.3) is 5.91 Å². The Labute approximate surface area is 117 Å². The summed E-state index contributed by atoms with van der Waals surface area (Å²) in [4.78, 5) is 14.6. The fourth-order valence-electron chi connectivity index (χ4n) is 3.77. The summed E-state index contributed by atoms with van der Waals surface area (Å²) in [6.07, 6.45) is 1.91. The molecular weight excluding hydrogens is 250 g/mol. The normalized spacial score (nSPS) is 23.8. The van der Waals surface area contributed by atoms with E-state index >= 15 is 0 Å². The number of phenols is 1. The highest BCUT2D eigenvalue weighted by Gasteiger charge is 2.53. The molecule has 2 aromatic carbocycles. The summed E-state index contributed by atoms with van der Waals surface area (Å²) in [6, 6.07) is 15.2. The van der Waals surface area contributed by atoms with E-state index in [0.29, 0.717) is 0 Å². The number of phenolic OH excluding ortho intramolecular Hbond substituents is 1. The maximum atomic E-state index is 12.6. The summed E-state index contributed by atoms with van der Waals surface area (Å²) < 4.78 is 0. The Morgan fingerprint density at radius 1 is 1.10 bits per heavy atom. The summed E-state index contributed by atoms with van der Waals surface area (Å²) in [7, 11) is 0. The van der Waals surface area contributed by atoms with E-state index in [9.17, 15) is 9.90 Å². The third-order valence-electron chi connectivity index (χ3n) is 4.55. The lowest BCUT2D eigenvalue weighted by Gasteiger charge is -2.33. The van der Waals surface area contributed by atoms with Crippen molar-refractivity contribution in [3.63, 3.8) is 0 Å². The minimum atomic E-state index is -0.383. The number of benzene rings is 2. The molecule has 1 fully saturated rings. The first-order chi connectivity index (χ1) is 9.73. The van der Waals surface area contributed by atoms with E-state index in [-0.39, 0.29) is 17.2 Å². The standard InChI is InChI=1S/C17H15NO2/c19-13-6-3-5-12(11-13)17-9-4-10-18(17)16(20)14-7-1-2-8-15(14)17/h1-3,5-8,11,19H,4,9-10H2. The number of carbonyl (C=O) groups excluding carboxylic acids is 1. The van der Waals surface area contributed by atoms with Crippen molar-refractivity contribution in [2.75, 3.05) is 6.54 Å². The number of fused-ring (bicyclic) bond motifs is 3. The van der Waals surface area contributed by atoms with Crippen LogP contribution in [0.1, 0.15) is 34.3 Å². The van der Waals surface area contributed by atoms with Crippen LogP contribution in [-0.4, -0.2) is 22.5 Å². The highest BCUT2D eigenvalue weighted by Crippen LogP contribution is 2.51. The van der Waals surface area contributed by atoms with Crippen LogP contribution in [0.5, 0.6) is 5.75 Å². The zero-order valence-electron chi connectivity index (χ0n) is 11.0. The molecule has 2 aromatic rings. The van der Waals surface area contributed by atoms with Crippen molar-refractivity contribution in [1.29, 1.82) is 0 Å². The molecular formula is C17H15NO2. The predicted octanol–water partition coefficient (Wildman–Crippen LogP) is 2.89. The molecule has 1 N–H and O–H groups in total. The number of hydrogen-bond donors (Lipinski definition) is 1. The summed E-state index contributed by atoms with van der Waals surface area (Å²) in [6.45, 7) is 0.781. The third-order valence-corrected chi connectivity index (χ3v) is 4.55. The summed E-state index contributed by atoms with van der Waals surface area (Å²) in [5.41, 5.74) is 2.50. The Kier molecular flexibility index (Phi) is 2.22. The minimum Gasteiger partial charge on any atom is -0.508 e. The van der Waals surface area contributed by atoms with Gasteiger partial charge >= 0.3 is 0 Å². The number of carbonyl (C=O) groups is 1. The second kappa shape index (κ2) is 3.85. The molecule has 1 amide bonds. The maximum absolute atomic E-state index is 12.6. The van der Waals surface area contributed by atoms with Crippen molar-refractivity contribution in [1.82, 2.24) is 4.90 Å². The van der Waals surface area contributed by atoms with E-state index in [4.69, 9.17) is 0 Å². The van der Waals surface area contributed by atoms with Gasteiger partial charge in [-0.05, 0) is 42.2 Å². The van der Waals surface area contributed by atoms with E-state index in [2.05, 4.69) is 0 Å². The largest absolute Gasteiger partial charge is 0.508 e. The van der Waals surface area contributed by atoms with Crippen LogP contribution < -0.4 is 0 Å². The average molecular weight is 265 g/mol. The van der Waals surface area contributed by atoms with Crippen molar-refractivity contribution in [2.45, 2.75) is 18.4 Å². The van der Waals surface area contributed by atoms with Crippen LogP contribution in [0.4, 0.5) is 0 Å². The summed E-state index contributed by atoms with van der Waals surface area (Å²) in [5, 5.41) is 9.80. The van der Waals surface area contributed by atoms with E-state index in [0.717, 1.165) is 36.1 Å². The highest BCUT2D eigenvalue weighted by atomic mass is 16.3. The molecule has 0 aromatic heterocycles. The quantitative estimate of drug-likeness (QED) is 0.861. The molecule has 3 nitrogen and oxygen atoms in total. The monoisotopic (exact) mass is 265 g/mol. The van der Waals surface area contributed by atoms with Gasteiger partial charge < -0.3 is 10.0 Å². The fraction of sp³-hybridized carbons (Fsp3) is 0.235. The third kappa shape index (κ3) is 1.27. The number of amides is 1. The van der Waals surface area contributed by atoms with Crippen LogP contribution in [0.25, 0.3) is 0 Å². The minimum absolute atomic E-state index is 0.112. The highest BCUT2D eigenvalue weighted by molar-refractivity contribution is 6.01. The molecule has 4 rings (SSSR count). The van der Waals surface area contributed by atoms with Gasteiger partial charge in [0.2, 0.25) is 0 Å². The number of aromatic hydroxyl groups is 1. The lowest BCUT2D eigenvalue weighted by molar-refractivity contribution is 0.0711. The first-order valence-corrected chi connectivity index (χ1v) is 6.94. The summed E-state index contributed by atoms with van der Waals surface area (Å²) >= 11 is 0. The smallest absolute Gasteiger partial charge is 0.255 e. The van der Waals surface area contributed by atoms with E-state index in [1.165, 1.54) is 0 Å². The van der Waals surface area contributed by atoms with Gasteiger partial charge in [-0.25, -0.2) is 0 Å². The Hall–Kier alpha value is -2.29. The van der Waals surface area contributed by atoms with Gasteiger partial charge in [-0.15, -0.1) is 0 Å².